The van der Waals surface area contributed by atoms with Crippen LogP contribution in [0.5, 0.6) is 5.75 Å². The Bertz CT molecular complexity index is 1090. The van der Waals surface area contributed by atoms with E-state index in [9.17, 15) is 4.39 Å². The van der Waals surface area contributed by atoms with Crippen LogP contribution in [0.4, 0.5) is 4.39 Å². The number of rotatable bonds is 6. The van der Waals surface area contributed by atoms with Crippen molar-refractivity contribution < 1.29 is 13.5 Å². The van der Waals surface area contributed by atoms with Crippen LogP contribution in [0, 0.1) is 12.7 Å². The summed E-state index contributed by atoms with van der Waals surface area (Å²) in [5.74, 6) is 1.68. The van der Waals surface area contributed by atoms with Crippen LogP contribution in [0.25, 0.3) is 11.0 Å². The van der Waals surface area contributed by atoms with E-state index < -0.39 is 0 Å². The highest BCUT2D eigenvalue weighted by Gasteiger charge is 2.21. The topological polar surface area (TPSA) is 62.0 Å². The quantitative estimate of drug-likeness (QED) is 0.446. The molecule has 1 aromatic heterocycles. The van der Waals surface area contributed by atoms with Gasteiger partial charge in [0.05, 0.1) is 13.7 Å². The first-order chi connectivity index (χ1) is 15.6. The highest BCUT2D eigenvalue weighted by molar-refractivity contribution is 5.83. The van der Waals surface area contributed by atoms with Crippen LogP contribution in [0.15, 0.2) is 51.9 Å². The summed E-state index contributed by atoms with van der Waals surface area (Å²) < 4.78 is 24.9. The van der Waals surface area contributed by atoms with Crippen LogP contribution in [0.2, 0.25) is 0 Å². The monoisotopic (exact) mass is 438 g/mol. The highest BCUT2D eigenvalue weighted by atomic mass is 19.1. The lowest BCUT2D eigenvalue weighted by Crippen LogP contribution is -2.48. The zero-order chi connectivity index (χ0) is 22.5. The summed E-state index contributed by atoms with van der Waals surface area (Å²) in [7, 11) is 3.27. The molecule has 2 N–H and O–H groups in total. The third kappa shape index (κ3) is 5.05. The Balaban J connectivity index is 1.26. The van der Waals surface area contributed by atoms with Gasteiger partial charge in [0, 0.05) is 43.7 Å². The molecule has 0 spiro atoms. The van der Waals surface area contributed by atoms with Crippen LogP contribution in [0.3, 0.4) is 0 Å². The molecule has 0 amide bonds. The summed E-state index contributed by atoms with van der Waals surface area (Å²) in [6, 6.07) is 13.6. The van der Waals surface area contributed by atoms with Gasteiger partial charge in [0.15, 0.2) is 17.5 Å². The van der Waals surface area contributed by atoms with Crippen molar-refractivity contribution in [3.63, 3.8) is 0 Å². The van der Waals surface area contributed by atoms with Gasteiger partial charge in [-0.3, -0.25) is 9.89 Å². The number of hydrogen-bond acceptors (Lipinski definition) is 4. The fourth-order valence-corrected chi connectivity index (χ4v) is 4.25. The zero-order valence-corrected chi connectivity index (χ0v) is 19.0. The summed E-state index contributed by atoms with van der Waals surface area (Å²) in [6.07, 6.45) is 2.01. The Morgan fingerprint density at radius 3 is 2.69 bits per heavy atom. The van der Waals surface area contributed by atoms with E-state index in [4.69, 9.17) is 9.15 Å². The number of benzene rings is 2. The van der Waals surface area contributed by atoms with Gasteiger partial charge in [-0.25, -0.2) is 4.39 Å². The molecule has 0 saturated carbocycles. The predicted octanol–water partition coefficient (Wildman–Crippen LogP) is 4.22. The Morgan fingerprint density at radius 2 is 2.00 bits per heavy atom. The van der Waals surface area contributed by atoms with Crippen molar-refractivity contribution in [3.05, 3.63) is 65.2 Å². The number of ether oxygens (including phenoxy) is 1. The Kier molecular flexibility index (Phi) is 6.95. The van der Waals surface area contributed by atoms with Gasteiger partial charge in [0.2, 0.25) is 0 Å². The molecule has 170 valence electrons. The third-order valence-electron chi connectivity index (χ3n) is 6.13. The van der Waals surface area contributed by atoms with E-state index in [1.807, 2.05) is 24.3 Å². The molecule has 32 heavy (non-hydrogen) atoms. The molecule has 1 saturated heterocycles. The van der Waals surface area contributed by atoms with Crippen molar-refractivity contribution in [2.45, 2.75) is 38.9 Å². The minimum absolute atomic E-state index is 0.286. The van der Waals surface area contributed by atoms with E-state index >= 15 is 0 Å². The maximum Gasteiger partial charge on any atom is 0.191 e. The molecule has 1 aliphatic heterocycles. The molecule has 1 fully saturated rings. The van der Waals surface area contributed by atoms with Crippen molar-refractivity contribution in [2.24, 2.45) is 4.99 Å². The predicted molar refractivity (Wildman–Crippen MR) is 126 cm³/mol. The highest BCUT2D eigenvalue weighted by Crippen LogP contribution is 2.25. The lowest BCUT2D eigenvalue weighted by Gasteiger charge is -2.33. The second kappa shape index (κ2) is 10.0. The number of fused-ring (bicyclic) bond motifs is 1. The molecule has 6 nitrogen and oxygen atoms in total. The summed E-state index contributed by atoms with van der Waals surface area (Å²) in [5.41, 5.74) is 3.04. The minimum Gasteiger partial charge on any atom is -0.494 e. The number of aliphatic imine (C=N–C) groups is 1. The average molecular weight is 439 g/mol. The van der Waals surface area contributed by atoms with Crippen molar-refractivity contribution >= 4 is 16.9 Å². The van der Waals surface area contributed by atoms with Gasteiger partial charge in [0.1, 0.15) is 11.3 Å². The SMILES string of the molecule is CN=C(NCc1oc2ccccc2c1C)NC1CCN(Cc2ccc(OC)c(F)c2)CC1. The van der Waals surface area contributed by atoms with Crippen LogP contribution in [0.1, 0.15) is 29.7 Å². The lowest BCUT2D eigenvalue weighted by atomic mass is 10.0. The molecule has 3 aromatic rings. The van der Waals surface area contributed by atoms with Gasteiger partial charge < -0.3 is 19.8 Å². The summed E-state index contributed by atoms with van der Waals surface area (Å²) in [5, 5.41) is 8.06. The molecule has 2 heterocycles. The maximum absolute atomic E-state index is 13.9. The number of nitrogens with one attached hydrogen (secondary N) is 2. The molecule has 0 bridgehead atoms. The van der Waals surface area contributed by atoms with Gasteiger partial charge in [-0.15, -0.1) is 0 Å². The molecule has 0 unspecified atom stereocenters. The Hall–Kier alpha value is -3.06. The number of nitrogens with zero attached hydrogens (tertiary/aromatic N) is 2. The van der Waals surface area contributed by atoms with Crippen molar-refractivity contribution in [2.75, 3.05) is 27.2 Å². The standard InChI is InChI=1S/C25H31FN4O2/c1-17-20-6-4-5-7-22(20)32-24(17)15-28-25(27-2)29-19-10-12-30(13-11-19)16-18-8-9-23(31-3)21(26)14-18/h4-9,14,19H,10-13,15-16H2,1-3H3,(H2,27,28,29). The van der Waals surface area contributed by atoms with Crippen LogP contribution in [-0.4, -0.2) is 44.1 Å². The van der Waals surface area contributed by atoms with Crippen LogP contribution in [-0.2, 0) is 13.1 Å². The second-order valence-electron chi connectivity index (χ2n) is 8.24. The van der Waals surface area contributed by atoms with Gasteiger partial charge in [-0.2, -0.15) is 0 Å². The minimum atomic E-state index is -0.309. The summed E-state index contributed by atoms with van der Waals surface area (Å²) in [4.78, 5) is 6.73. The number of guanidine groups is 1. The summed E-state index contributed by atoms with van der Waals surface area (Å²) in [6.45, 7) is 5.31. The first-order valence-electron chi connectivity index (χ1n) is 11.1. The molecule has 1 aliphatic rings. The number of piperidine rings is 1. The fraction of sp³-hybridized carbons (Fsp3) is 0.400. The zero-order valence-electron chi connectivity index (χ0n) is 19.0. The van der Waals surface area contributed by atoms with Crippen molar-refractivity contribution in [1.29, 1.82) is 0 Å². The van der Waals surface area contributed by atoms with Crippen molar-refractivity contribution in [1.82, 2.24) is 15.5 Å². The molecule has 2 aromatic carbocycles. The largest absolute Gasteiger partial charge is 0.494 e. The summed E-state index contributed by atoms with van der Waals surface area (Å²) >= 11 is 0. The molecule has 4 rings (SSSR count). The van der Waals surface area contributed by atoms with E-state index in [2.05, 4.69) is 33.5 Å². The number of aryl methyl sites for hydroxylation is 1. The molecule has 0 aliphatic carbocycles. The van der Waals surface area contributed by atoms with Crippen LogP contribution >= 0.6 is 0 Å². The van der Waals surface area contributed by atoms with E-state index in [0.717, 1.165) is 66.3 Å². The van der Waals surface area contributed by atoms with Gasteiger partial charge in [0.25, 0.3) is 0 Å². The van der Waals surface area contributed by atoms with E-state index in [1.165, 1.54) is 7.11 Å². The third-order valence-corrected chi connectivity index (χ3v) is 6.13. The number of hydrogen-bond donors (Lipinski definition) is 2. The van der Waals surface area contributed by atoms with E-state index in [1.54, 1.807) is 19.2 Å². The molecule has 0 atom stereocenters. The number of likely N-dealkylation sites (tertiary alicyclic amines) is 1. The average Bonchev–Trinajstić information content (AvgIpc) is 3.13. The number of furan rings is 1. The molecule has 0 radical (unpaired) electrons. The Morgan fingerprint density at radius 1 is 1.22 bits per heavy atom. The second-order valence-corrected chi connectivity index (χ2v) is 8.24. The first kappa shape index (κ1) is 22.1. The first-order valence-corrected chi connectivity index (χ1v) is 11.1. The van der Waals surface area contributed by atoms with Gasteiger partial charge in [-0.05, 0) is 43.5 Å². The fourth-order valence-electron chi connectivity index (χ4n) is 4.25. The normalized spacial score (nSPS) is 15.8. The molecular weight excluding hydrogens is 407 g/mol. The van der Waals surface area contributed by atoms with Gasteiger partial charge >= 0.3 is 0 Å². The van der Waals surface area contributed by atoms with Crippen molar-refractivity contribution in [3.8, 4) is 5.75 Å². The number of methoxy groups -OCH3 is 1. The maximum atomic E-state index is 13.9. The van der Waals surface area contributed by atoms with Crippen LogP contribution < -0.4 is 15.4 Å². The number of halogens is 1. The lowest BCUT2D eigenvalue weighted by molar-refractivity contribution is 0.198. The van der Waals surface area contributed by atoms with Gasteiger partial charge in [-0.1, -0.05) is 24.3 Å². The van der Waals surface area contributed by atoms with E-state index in [-0.39, 0.29) is 11.6 Å². The number of para-hydroxylation sites is 1. The Labute approximate surface area is 188 Å². The molecular formula is C25H31FN4O2. The molecule has 7 heteroatoms. The smallest absolute Gasteiger partial charge is 0.191 e. The van der Waals surface area contributed by atoms with E-state index in [0.29, 0.717) is 12.6 Å².